The summed E-state index contributed by atoms with van der Waals surface area (Å²) in [5, 5.41) is 1.07. The molecule has 3 rings (SSSR count). The van der Waals surface area contributed by atoms with Crippen molar-refractivity contribution in [3.8, 4) is 0 Å². The molecule has 2 unspecified atom stereocenters. The van der Waals surface area contributed by atoms with Crippen molar-refractivity contribution in [2.24, 2.45) is 11.7 Å². The zero-order valence-electron chi connectivity index (χ0n) is 13.1. The van der Waals surface area contributed by atoms with Crippen LogP contribution in [0.1, 0.15) is 25.6 Å². The van der Waals surface area contributed by atoms with Gasteiger partial charge in [0.15, 0.2) is 0 Å². The number of fused-ring (bicyclic) bond motifs is 1. The molecule has 1 saturated heterocycles. The first-order valence-corrected chi connectivity index (χ1v) is 8.09. The van der Waals surface area contributed by atoms with Crippen LogP contribution in [0.4, 0.5) is 0 Å². The number of H-pyrrole nitrogens is 1. The average molecular weight is 357 g/mol. The summed E-state index contributed by atoms with van der Waals surface area (Å²) in [6.45, 7) is 4.49. The van der Waals surface area contributed by atoms with E-state index in [1.807, 2.05) is 0 Å². The predicted octanol–water partition coefficient (Wildman–Crippen LogP) is 2.56. The number of hydrogen-bond donors (Lipinski definition) is 2. The van der Waals surface area contributed by atoms with Crippen LogP contribution in [0.5, 0.6) is 0 Å². The highest BCUT2D eigenvalue weighted by molar-refractivity contribution is 6.31. The largest absolute Gasteiger partial charge is 0.329 e. The molecule has 5 nitrogen and oxygen atoms in total. The number of aromatic nitrogens is 2. The van der Waals surface area contributed by atoms with Crippen LogP contribution in [0.2, 0.25) is 5.02 Å². The maximum Gasteiger partial charge on any atom is 0.258 e. The van der Waals surface area contributed by atoms with Gasteiger partial charge < -0.3 is 10.7 Å². The Labute approximate surface area is 146 Å². The van der Waals surface area contributed by atoms with Crippen LogP contribution in [0.25, 0.3) is 10.9 Å². The standard InChI is InChI=1S/C16H21ClN4O.ClH/c1-10-3-2-6-21(14(10)8-18)9-15-19-13-5-4-11(17)7-12(13)16(22)20-15;/h4-5,7,10,14H,2-3,6,8-9,18H2,1H3,(H,19,20,22);1H. The van der Waals surface area contributed by atoms with Gasteiger partial charge in [-0.2, -0.15) is 0 Å². The molecule has 23 heavy (non-hydrogen) atoms. The molecule has 1 aromatic carbocycles. The van der Waals surface area contributed by atoms with E-state index in [2.05, 4.69) is 21.8 Å². The highest BCUT2D eigenvalue weighted by Gasteiger charge is 2.27. The fraction of sp³-hybridized carbons (Fsp3) is 0.500. The number of hydrogen-bond acceptors (Lipinski definition) is 4. The van der Waals surface area contributed by atoms with Crippen molar-refractivity contribution in [1.82, 2.24) is 14.9 Å². The third kappa shape index (κ3) is 3.86. The molecule has 126 valence electrons. The van der Waals surface area contributed by atoms with Crippen LogP contribution in [0.3, 0.4) is 0 Å². The predicted molar refractivity (Wildman–Crippen MR) is 96.3 cm³/mol. The van der Waals surface area contributed by atoms with Gasteiger partial charge in [0.2, 0.25) is 0 Å². The molecule has 2 aromatic rings. The van der Waals surface area contributed by atoms with Crippen molar-refractivity contribution < 1.29 is 0 Å². The highest BCUT2D eigenvalue weighted by Crippen LogP contribution is 2.24. The van der Waals surface area contributed by atoms with E-state index in [1.54, 1.807) is 18.2 Å². The van der Waals surface area contributed by atoms with E-state index in [4.69, 9.17) is 17.3 Å². The average Bonchev–Trinajstić information content (AvgIpc) is 2.48. The summed E-state index contributed by atoms with van der Waals surface area (Å²) < 4.78 is 0. The topological polar surface area (TPSA) is 75.0 Å². The number of nitrogens with two attached hydrogens (primary N) is 1. The Morgan fingerprint density at radius 1 is 1.48 bits per heavy atom. The molecule has 1 aliphatic heterocycles. The molecule has 2 atom stereocenters. The smallest absolute Gasteiger partial charge is 0.258 e. The Morgan fingerprint density at radius 2 is 2.26 bits per heavy atom. The molecule has 0 radical (unpaired) electrons. The molecule has 2 heterocycles. The first-order chi connectivity index (χ1) is 10.6. The fourth-order valence-electron chi connectivity index (χ4n) is 3.34. The van der Waals surface area contributed by atoms with E-state index in [1.165, 1.54) is 6.42 Å². The Balaban J connectivity index is 0.00000192. The van der Waals surface area contributed by atoms with Gasteiger partial charge in [-0.25, -0.2) is 4.98 Å². The van der Waals surface area contributed by atoms with Crippen LogP contribution in [-0.2, 0) is 6.54 Å². The summed E-state index contributed by atoms with van der Waals surface area (Å²) in [7, 11) is 0. The molecule has 0 aliphatic carbocycles. The van der Waals surface area contributed by atoms with Crippen molar-refractivity contribution in [3.63, 3.8) is 0 Å². The Hall–Kier alpha value is -1.14. The van der Waals surface area contributed by atoms with Crippen molar-refractivity contribution in [1.29, 1.82) is 0 Å². The van der Waals surface area contributed by atoms with Gasteiger partial charge in [0.25, 0.3) is 5.56 Å². The quantitative estimate of drug-likeness (QED) is 0.885. The summed E-state index contributed by atoms with van der Waals surface area (Å²) in [6.07, 6.45) is 2.36. The molecule has 1 aliphatic rings. The van der Waals surface area contributed by atoms with Crippen molar-refractivity contribution >= 4 is 34.9 Å². The van der Waals surface area contributed by atoms with E-state index in [0.717, 1.165) is 13.0 Å². The lowest BCUT2D eigenvalue weighted by Gasteiger charge is -2.39. The molecular formula is C16H22Cl2N4O. The van der Waals surface area contributed by atoms with Crippen LogP contribution in [0.15, 0.2) is 23.0 Å². The lowest BCUT2D eigenvalue weighted by atomic mass is 9.91. The number of aromatic amines is 1. The molecule has 0 saturated carbocycles. The zero-order chi connectivity index (χ0) is 15.7. The van der Waals surface area contributed by atoms with Gasteiger partial charge in [0.05, 0.1) is 17.4 Å². The molecule has 0 amide bonds. The SMILES string of the molecule is CC1CCCN(Cc2nc3ccc(Cl)cc3c(=O)[nH]2)C1CN.Cl. The van der Waals surface area contributed by atoms with Crippen molar-refractivity contribution in [2.75, 3.05) is 13.1 Å². The molecule has 1 aromatic heterocycles. The zero-order valence-corrected chi connectivity index (χ0v) is 14.7. The Kier molecular flexibility index (Phi) is 6.03. The van der Waals surface area contributed by atoms with E-state index < -0.39 is 0 Å². The monoisotopic (exact) mass is 356 g/mol. The van der Waals surface area contributed by atoms with Gasteiger partial charge in [0.1, 0.15) is 5.82 Å². The first-order valence-electron chi connectivity index (χ1n) is 7.71. The summed E-state index contributed by atoms with van der Waals surface area (Å²) in [6, 6.07) is 5.54. The summed E-state index contributed by atoms with van der Waals surface area (Å²) in [4.78, 5) is 22.0. The minimum atomic E-state index is -0.142. The summed E-state index contributed by atoms with van der Waals surface area (Å²) >= 11 is 5.94. The third-order valence-electron chi connectivity index (χ3n) is 4.54. The van der Waals surface area contributed by atoms with Crippen molar-refractivity contribution in [2.45, 2.75) is 32.4 Å². The highest BCUT2D eigenvalue weighted by atomic mass is 35.5. The Bertz CT molecular complexity index is 734. The molecule has 7 heteroatoms. The van der Waals surface area contributed by atoms with E-state index >= 15 is 0 Å². The number of rotatable bonds is 3. The number of piperidine rings is 1. The normalized spacial score (nSPS) is 22.0. The molecular weight excluding hydrogens is 335 g/mol. The van der Waals surface area contributed by atoms with Crippen LogP contribution >= 0.6 is 24.0 Å². The summed E-state index contributed by atoms with van der Waals surface area (Å²) in [5.41, 5.74) is 6.46. The maximum absolute atomic E-state index is 12.2. The molecule has 1 fully saturated rings. The second kappa shape index (κ2) is 7.62. The second-order valence-electron chi connectivity index (χ2n) is 6.07. The lowest BCUT2D eigenvalue weighted by molar-refractivity contribution is 0.0964. The van der Waals surface area contributed by atoms with Gasteiger partial charge >= 0.3 is 0 Å². The minimum absolute atomic E-state index is 0. The number of nitrogens with zero attached hydrogens (tertiary/aromatic N) is 2. The van der Waals surface area contributed by atoms with Gasteiger partial charge in [-0.3, -0.25) is 9.69 Å². The van der Waals surface area contributed by atoms with Gasteiger partial charge in [-0.1, -0.05) is 18.5 Å². The van der Waals surface area contributed by atoms with Gasteiger partial charge in [0, 0.05) is 17.6 Å². The van der Waals surface area contributed by atoms with E-state index in [9.17, 15) is 4.79 Å². The first kappa shape index (κ1) is 18.2. The summed E-state index contributed by atoms with van der Waals surface area (Å²) in [5.74, 6) is 1.26. The van der Waals surface area contributed by atoms with Crippen LogP contribution in [-0.4, -0.2) is 34.0 Å². The lowest BCUT2D eigenvalue weighted by Crippen LogP contribution is -2.48. The molecule has 0 spiro atoms. The number of nitrogens with one attached hydrogen (secondary N) is 1. The van der Waals surface area contributed by atoms with Crippen molar-refractivity contribution in [3.05, 3.63) is 39.4 Å². The van der Waals surface area contributed by atoms with Gasteiger partial charge in [-0.15, -0.1) is 12.4 Å². The number of benzene rings is 1. The minimum Gasteiger partial charge on any atom is -0.329 e. The van der Waals surface area contributed by atoms with Crippen LogP contribution < -0.4 is 11.3 Å². The maximum atomic E-state index is 12.2. The van der Waals surface area contributed by atoms with Crippen LogP contribution in [0, 0.1) is 5.92 Å². The Morgan fingerprint density at radius 3 is 3.00 bits per heavy atom. The van der Waals surface area contributed by atoms with Gasteiger partial charge in [-0.05, 0) is 43.5 Å². The third-order valence-corrected chi connectivity index (χ3v) is 4.78. The molecule has 0 bridgehead atoms. The molecule has 3 N–H and O–H groups in total. The van der Waals surface area contributed by atoms with E-state index in [-0.39, 0.29) is 18.0 Å². The second-order valence-corrected chi connectivity index (χ2v) is 6.50. The van der Waals surface area contributed by atoms with E-state index in [0.29, 0.717) is 46.8 Å². The number of likely N-dealkylation sites (tertiary alicyclic amines) is 1. The number of halogens is 2. The fourth-order valence-corrected chi connectivity index (χ4v) is 3.51.